The minimum absolute atomic E-state index is 0.163. The Morgan fingerprint density at radius 1 is 1.03 bits per heavy atom. The zero-order chi connectivity index (χ0) is 24.0. The van der Waals surface area contributed by atoms with Crippen molar-refractivity contribution in [3.63, 3.8) is 0 Å². The summed E-state index contributed by atoms with van der Waals surface area (Å²) in [5, 5.41) is 9.74. The van der Waals surface area contributed by atoms with E-state index in [0.29, 0.717) is 24.9 Å². The number of carbonyl (C=O) groups excluding carboxylic acids is 3. The standard InChI is InChI=1S/C24H32N4O4/c1-14-11-19(29)12-15(2)20(14)13-21(25)24(32)28(16(3)22(26)30)10-4-5-17-6-8-18(9-7-17)23(27)31/h6-9,11-12,16,21,29H,4-5,10,13,25H2,1-3H3,(H2,26,30)(H2,27,31)/t16-,21-/m1/s1. The third-order valence-corrected chi connectivity index (χ3v) is 5.69. The summed E-state index contributed by atoms with van der Waals surface area (Å²) in [7, 11) is 0. The van der Waals surface area contributed by atoms with E-state index < -0.39 is 23.9 Å². The molecule has 2 rings (SSSR count). The molecular weight excluding hydrogens is 408 g/mol. The molecule has 172 valence electrons. The van der Waals surface area contributed by atoms with Crippen LogP contribution >= 0.6 is 0 Å². The van der Waals surface area contributed by atoms with Crippen LogP contribution in [0.2, 0.25) is 0 Å². The van der Waals surface area contributed by atoms with Crippen molar-refractivity contribution < 1.29 is 19.5 Å². The SMILES string of the molecule is Cc1cc(O)cc(C)c1C[C@@H](N)C(=O)N(CCCc1ccc(C(N)=O)cc1)[C@H](C)C(N)=O. The first kappa shape index (κ1) is 24.9. The number of nitrogens with two attached hydrogens (primary N) is 3. The maximum absolute atomic E-state index is 13.1. The van der Waals surface area contributed by atoms with Gasteiger partial charge in [-0.3, -0.25) is 14.4 Å². The average Bonchev–Trinajstić information content (AvgIpc) is 2.73. The third kappa shape index (κ3) is 6.31. The van der Waals surface area contributed by atoms with Crippen LogP contribution in [-0.2, 0) is 22.4 Å². The summed E-state index contributed by atoms with van der Waals surface area (Å²) in [5.74, 6) is -1.28. The fourth-order valence-electron chi connectivity index (χ4n) is 3.75. The molecular formula is C24H32N4O4. The van der Waals surface area contributed by atoms with Gasteiger partial charge in [-0.05, 0) is 86.6 Å². The van der Waals surface area contributed by atoms with Gasteiger partial charge in [0.1, 0.15) is 11.8 Å². The monoisotopic (exact) mass is 440 g/mol. The maximum Gasteiger partial charge on any atom is 0.248 e. The van der Waals surface area contributed by atoms with Crippen LogP contribution in [0.4, 0.5) is 0 Å². The Bertz CT molecular complexity index is 965. The van der Waals surface area contributed by atoms with Crippen molar-refractivity contribution in [1.29, 1.82) is 0 Å². The fourth-order valence-corrected chi connectivity index (χ4v) is 3.75. The van der Waals surface area contributed by atoms with Gasteiger partial charge in [-0.25, -0.2) is 0 Å². The molecule has 2 atom stereocenters. The number of nitrogens with zero attached hydrogens (tertiary/aromatic N) is 1. The summed E-state index contributed by atoms with van der Waals surface area (Å²) < 4.78 is 0. The van der Waals surface area contributed by atoms with E-state index in [9.17, 15) is 19.5 Å². The Morgan fingerprint density at radius 3 is 2.09 bits per heavy atom. The molecule has 0 spiro atoms. The molecule has 0 aromatic heterocycles. The lowest BCUT2D eigenvalue weighted by atomic mass is 9.95. The van der Waals surface area contributed by atoms with Crippen molar-refractivity contribution in [1.82, 2.24) is 4.90 Å². The number of amides is 3. The van der Waals surface area contributed by atoms with Crippen LogP contribution in [0.25, 0.3) is 0 Å². The van der Waals surface area contributed by atoms with Crippen molar-refractivity contribution in [3.8, 4) is 5.75 Å². The smallest absolute Gasteiger partial charge is 0.248 e. The van der Waals surface area contributed by atoms with E-state index in [1.54, 1.807) is 31.2 Å². The first-order valence-electron chi connectivity index (χ1n) is 10.5. The Morgan fingerprint density at radius 2 is 1.59 bits per heavy atom. The number of aromatic hydroxyl groups is 1. The molecule has 0 aliphatic carbocycles. The van der Waals surface area contributed by atoms with Gasteiger partial charge in [-0.1, -0.05) is 12.1 Å². The van der Waals surface area contributed by atoms with Crippen molar-refractivity contribution in [3.05, 3.63) is 64.2 Å². The van der Waals surface area contributed by atoms with Crippen LogP contribution in [0.3, 0.4) is 0 Å². The van der Waals surface area contributed by atoms with Crippen LogP contribution in [0.5, 0.6) is 5.75 Å². The molecule has 0 radical (unpaired) electrons. The molecule has 8 heteroatoms. The highest BCUT2D eigenvalue weighted by atomic mass is 16.3. The van der Waals surface area contributed by atoms with Crippen molar-refractivity contribution in [2.75, 3.05) is 6.54 Å². The predicted molar refractivity (Wildman–Crippen MR) is 123 cm³/mol. The van der Waals surface area contributed by atoms with Gasteiger partial charge in [-0.2, -0.15) is 0 Å². The summed E-state index contributed by atoms with van der Waals surface area (Å²) in [6, 6.07) is 8.55. The molecule has 8 nitrogen and oxygen atoms in total. The Balaban J connectivity index is 2.09. The molecule has 0 fully saturated rings. The molecule has 0 heterocycles. The van der Waals surface area contributed by atoms with Gasteiger partial charge in [0.25, 0.3) is 0 Å². The molecule has 0 saturated heterocycles. The Hall–Kier alpha value is -3.39. The maximum atomic E-state index is 13.1. The summed E-state index contributed by atoms with van der Waals surface area (Å²) in [5.41, 5.74) is 21.0. The quantitative estimate of drug-likeness (QED) is 0.439. The van der Waals surface area contributed by atoms with Crippen LogP contribution in [-0.4, -0.2) is 46.4 Å². The number of primary amides is 2. The molecule has 0 unspecified atom stereocenters. The fraction of sp³-hybridized carbons (Fsp3) is 0.375. The molecule has 0 aliphatic heterocycles. The van der Waals surface area contributed by atoms with E-state index in [-0.39, 0.29) is 18.1 Å². The second-order valence-electron chi connectivity index (χ2n) is 8.14. The number of hydrogen-bond donors (Lipinski definition) is 4. The molecule has 32 heavy (non-hydrogen) atoms. The first-order chi connectivity index (χ1) is 15.0. The van der Waals surface area contributed by atoms with Crippen LogP contribution in [0.1, 0.15) is 46.0 Å². The highest BCUT2D eigenvalue weighted by molar-refractivity contribution is 5.92. The van der Waals surface area contributed by atoms with E-state index in [0.717, 1.165) is 22.3 Å². The van der Waals surface area contributed by atoms with Gasteiger partial charge in [0.05, 0.1) is 6.04 Å². The van der Waals surface area contributed by atoms with E-state index in [4.69, 9.17) is 17.2 Å². The molecule has 3 amide bonds. The zero-order valence-electron chi connectivity index (χ0n) is 18.8. The van der Waals surface area contributed by atoms with Crippen molar-refractivity contribution in [2.24, 2.45) is 17.2 Å². The number of phenolic OH excluding ortho intramolecular Hbond substituents is 1. The van der Waals surface area contributed by atoms with E-state index in [1.165, 1.54) is 4.90 Å². The molecule has 2 aromatic rings. The van der Waals surface area contributed by atoms with E-state index >= 15 is 0 Å². The minimum atomic E-state index is -0.853. The lowest BCUT2D eigenvalue weighted by Gasteiger charge is -2.30. The summed E-state index contributed by atoms with van der Waals surface area (Å²) in [6.45, 7) is 5.60. The van der Waals surface area contributed by atoms with Gasteiger partial charge in [0.15, 0.2) is 0 Å². The number of rotatable bonds is 10. The number of phenols is 1. The van der Waals surface area contributed by atoms with Gasteiger partial charge in [-0.15, -0.1) is 0 Å². The van der Waals surface area contributed by atoms with Crippen LogP contribution < -0.4 is 17.2 Å². The van der Waals surface area contributed by atoms with Gasteiger partial charge in [0.2, 0.25) is 17.7 Å². The average molecular weight is 441 g/mol. The highest BCUT2D eigenvalue weighted by Crippen LogP contribution is 2.22. The highest BCUT2D eigenvalue weighted by Gasteiger charge is 2.28. The topological polar surface area (TPSA) is 153 Å². The van der Waals surface area contributed by atoms with Gasteiger partial charge < -0.3 is 27.2 Å². The summed E-state index contributed by atoms with van der Waals surface area (Å²) in [6.07, 6.45) is 1.51. The molecule has 0 bridgehead atoms. The number of carbonyl (C=O) groups is 3. The molecule has 2 aromatic carbocycles. The van der Waals surface area contributed by atoms with Gasteiger partial charge >= 0.3 is 0 Å². The molecule has 7 N–H and O–H groups in total. The van der Waals surface area contributed by atoms with E-state index in [2.05, 4.69) is 0 Å². The van der Waals surface area contributed by atoms with Crippen LogP contribution in [0.15, 0.2) is 36.4 Å². The Labute approximate surface area is 188 Å². The molecule has 0 aliphatic rings. The van der Waals surface area contributed by atoms with Crippen molar-refractivity contribution in [2.45, 2.75) is 52.1 Å². The van der Waals surface area contributed by atoms with Gasteiger partial charge in [0, 0.05) is 12.1 Å². The number of benzene rings is 2. The first-order valence-corrected chi connectivity index (χ1v) is 10.5. The third-order valence-electron chi connectivity index (χ3n) is 5.69. The predicted octanol–water partition coefficient (Wildman–Crippen LogP) is 1.31. The van der Waals surface area contributed by atoms with Crippen LogP contribution in [0, 0.1) is 13.8 Å². The zero-order valence-corrected chi connectivity index (χ0v) is 18.8. The minimum Gasteiger partial charge on any atom is -0.508 e. The second kappa shape index (κ2) is 10.8. The largest absolute Gasteiger partial charge is 0.508 e. The van der Waals surface area contributed by atoms with E-state index in [1.807, 2.05) is 26.0 Å². The lowest BCUT2D eigenvalue weighted by Crippen LogP contribution is -2.53. The number of hydrogen-bond acceptors (Lipinski definition) is 5. The lowest BCUT2D eigenvalue weighted by molar-refractivity contribution is -0.139. The Kier molecular flexibility index (Phi) is 8.37. The normalized spacial score (nSPS) is 12.8. The molecule has 0 saturated carbocycles. The summed E-state index contributed by atoms with van der Waals surface area (Å²) >= 11 is 0. The second-order valence-corrected chi connectivity index (χ2v) is 8.14. The van der Waals surface area contributed by atoms with Crippen molar-refractivity contribution >= 4 is 17.7 Å². The number of aryl methyl sites for hydroxylation is 3. The summed E-state index contributed by atoms with van der Waals surface area (Å²) in [4.78, 5) is 37.6.